The lowest BCUT2D eigenvalue weighted by Crippen LogP contribution is -2.45. The van der Waals surface area contributed by atoms with Crippen LogP contribution < -0.4 is 5.73 Å². The quantitative estimate of drug-likeness (QED) is 0.698. The predicted molar refractivity (Wildman–Crippen MR) is 94.6 cm³/mol. The van der Waals surface area contributed by atoms with Gasteiger partial charge < -0.3 is 5.73 Å². The molecule has 1 unspecified atom stereocenters. The van der Waals surface area contributed by atoms with Gasteiger partial charge in [-0.15, -0.1) is 0 Å². The van der Waals surface area contributed by atoms with Crippen molar-refractivity contribution < 1.29 is 4.79 Å². The number of carbonyl (C=O) groups excluding carboxylic acids is 1. The van der Waals surface area contributed by atoms with Gasteiger partial charge >= 0.3 is 0 Å². The van der Waals surface area contributed by atoms with Crippen molar-refractivity contribution in [1.82, 2.24) is 4.98 Å². The van der Waals surface area contributed by atoms with E-state index < -0.39 is 5.54 Å². The molecular weight excluding hydrogens is 300 g/mol. The Balaban J connectivity index is 2.47. The third-order valence-electron chi connectivity index (χ3n) is 3.56. The van der Waals surface area contributed by atoms with E-state index in [2.05, 4.69) is 25.1 Å². The molecule has 0 aliphatic rings. The van der Waals surface area contributed by atoms with Gasteiger partial charge in [-0.05, 0) is 57.9 Å². The molecule has 0 aliphatic heterocycles. The Hall–Kier alpha value is -0.520. The highest BCUT2D eigenvalue weighted by Crippen LogP contribution is 2.37. The molecule has 1 aromatic rings. The number of ketones is 1. The molecule has 0 aliphatic carbocycles. The van der Waals surface area contributed by atoms with Gasteiger partial charge in [-0.1, -0.05) is 27.7 Å². The second-order valence-corrected chi connectivity index (χ2v) is 9.32. The summed E-state index contributed by atoms with van der Waals surface area (Å²) in [5, 5.41) is 0. The lowest BCUT2D eigenvalue weighted by atomic mass is 9.87. The van der Waals surface area contributed by atoms with Crippen molar-refractivity contribution in [3.8, 4) is 0 Å². The maximum Gasteiger partial charge on any atom is 0.152 e. The maximum absolute atomic E-state index is 12.4. The van der Waals surface area contributed by atoms with Gasteiger partial charge in [-0.2, -0.15) is 0 Å². The zero-order chi connectivity index (χ0) is 15.9. The number of nitrogens with two attached hydrogens (primary N) is 1. The standard InChI is InChI=1S/C16H26N2OS2/c1-15(2,21-20-4)9-8-14(19)16(3,17)10-7-13-6-5-11-18-12-13/h5-6,11-12H,7-10,17H2,1-4H3. The van der Waals surface area contributed by atoms with Crippen LogP contribution in [0.25, 0.3) is 0 Å². The Morgan fingerprint density at radius 1 is 1.33 bits per heavy atom. The zero-order valence-electron chi connectivity index (χ0n) is 13.4. The number of hydrogen-bond donors (Lipinski definition) is 1. The number of rotatable bonds is 9. The molecular formula is C16H26N2OS2. The molecule has 21 heavy (non-hydrogen) atoms. The first-order chi connectivity index (χ1) is 9.77. The molecule has 0 aromatic carbocycles. The van der Waals surface area contributed by atoms with Crippen molar-refractivity contribution in [1.29, 1.82) is 0 Å². The fraction of sp³-hybridized carbons (Fsp3) is 0.625. The van der Waals surface area contributed by atoms with E-state index in [0.717, 1.165) is 18.4 Å². The molecule has 0 saturated carbocycles. The van der Waals surface area contributed by atoms with E-state index in [9.17, 15) is 4.79 Å². The molecule has 0 spiro atoms. The Labute approximate surface area is 136 Å². The van der Waals surface area contributed by atoms with E-state index in [-0.39, 0.29) is 10.5 Å². The summed E-state index contributed by atoms with van der Waals surface area (Å²) in [6, 6.07) is 3.93. The number of aryl methyl sites for hydroxylation is 1. The fourth-order valence-electron chi connectivity index (χ4n) is 2.06. The summed E-state index contributed by atoms with van der Waals surface area (Å²) in [7, 11) is 3.55. The van der Waals surface area contributed by atoms with Crippen LogP contribution in [0.3, 0.4) is 0 Å². The highest BCUT2D eigenvalue weighted by atomic mass is 33.1. The zero-order valence-corrected chi connectivity index (χ0v) is 15.0. The average molecular weight is 327 g/mol. The van der Waals surface area contributed by atoms with Gasteiger partial charge in [0.1, 0.15) is 0 Å². The van der Waals surface area contributed by atoms with Crippen molar-refractivity contribution in [2.24, 2.45) is 5.73 Å². The van der Waals surface area contributed by atoms with Crippen LogP contribution >= 0.6 is 21.6 Å². The van der Waals surface area contributed by atoms with Crippen LogP contribution in [0.1, 0.15) is 45.6 Å². The summed E-state index contributed by atoms with van der Waals surface area (Å²) >= 11 is 0. The van der Waals surface area contributed by atoms with Crippen LogP contribution in [-0.2, 0) is 11.2 Å². The molecule has 1 heterocycles. The largest absolute Gasteiger partial charge is 0.319 e. The van der Waals surface area contributed by atoms with Crippen LogP contribution in [-0.4, -0.2) is 27.3 Å². The molecule has 0 radical (unpaired) electrons. The second kappa shape index (κ2) is 8.20. The third-order valence-corrected chi connectivity index (χ3v) is 6.23. The third kappa shape index (κ3) is 6.85. The Morgan fingerprint density at radius 3 is 2.62 bits per heavy atom. The number of aromatic nitrogens is 1. The van der Waals surface area contributed by atoms with E-state index in [1.807, 2.05) is 36.0 Å². The Bertz CT molecular complexity index is 447. The van der Waals surface area contributed by atoms with Gasteiger partial charge in [-0.25, -0.2) is 0 Å². The summed E-state index contributed by atoms with van der Waals surface area (Å²) in [5.41, 5.74) is 6.60. The summed E-state index contributed by atoms with van der Waals surface area (Å²) in [4.78, 5) is 16.5. The topological polar surface area (TPSA) is 56.0 Å². The maximum atomic E-state index is 12.4. The SMILES string of the molecule is CSSC(C)(C)CCC(=O)C(C)(N)CCc1cccnc1. The van der Waals surface area contributed by atoms with Gasteiger partial charge in [0, 0.05) is 23.6 Å². The normalized spacial score (nSPS) is 14.7. The molecule has 5 heteroatoms. The summed E-state index contributed by atoms with van der Waals surface area (Å²) in [5.74, 6) is 0.154. The van der Waals surface area contributed by atoms with E-state index in [0.29, 0.717) is 12.8 Å². The van der Waals surface area contributed by atoms with Crippen molar-refractivity contribution >= 4 is 27.4 Å². The number of carbonyl (C=O) groups is 1. The number of hydrogen-bond acceptors (Lipinski definition) is 5. The lowest BCUT2D eigenvalue weighted by Gasteiger charge is -2.27. The molecule has 1 aromatic heterocycles. The second-order valence-electron chi connectivity index (χ2n) is 6.21. The highest BCUT2D eigenvalue weighted by molar-refractivity contribution is 8.76. The number of pyridine rings is 1. The average Bonchev–Trinajstić information content (AvgIpc) is 2.44. The number of Topliss-reactive ketones (excluding diaryl/α,β-unsaturated/α-hetero) is 1. The minimum Gasteiger partial charge on any atom is -0.319 e. The lowest BCUT2D eigenvalue weighted by molar-refractivity contribution is -0.124. The van der Waals surface area contributed by atoms with Crippen molar-refractivity contribution in [3.05, 3.63) is 30.1 Å². The van der Waals surface area contributed by atoms with E-state index >= 15 is 0 Å². The van der Waals surface area contributed by atoms with Gasteiger partial charge in [-0.3, -0.25) is 9.78 Å². The van der Waals surface area contributed by atoms with Gasteiger partial charge in [0.2, 0.25) is 0 Å². The molecule has 3 nitrogen and oxygen atoms in total. The fourth-order valence-corrected chi connectivity index (χ4v) is 4.30. The smallest absolute Gasteiger partial charge is 0.152 e. The molecule has 2 N–H and O–H groups in total. The van der Waals surface area contributed by atoms with Crippen molar-refractivity contribution in [2.75, 3.05) is 6.26 Å². The molecule has 0 saturated heterocycles. The van der Waals surface area contributed by atoms with Gasteiger partial charge in [0.15, 0.2) is 5.78 Å². The Kier molecular flexibility index (Phi) is 7.24. The first-order valence-corrected chi connectivity index (χ1v) is 9.75. The summed E-state index contributed by atoms with van der Waals surface area (Å²) < 4.78 is 0.106. The van der Waals surface area contributed by atoms with Crippen molar-refractivity contribution in [3.63, 3.8) is 0 Å². The van der Waals surface area contributed by atoms with Crippen LogP contribution in [0.5, 0.6) is 0 Å². The van der Waals surface area contributed by atoms with E-state index in [1.54, 1.807) is 17.0 Å². The van der Waals surface area contributed by atoms with E-state index in [4.69, 9.17) is 5.73 Å². The monoisotopic (exact) mass is 326 g/mol. The predicted octanol–water partition coefficient (Wildman–Crippen LogP) is 3.87. The number of nitrogens with zero attached hydrogens (tertiary/aromatic N) is 1. The van der Waals surface area contributed by atoms with Crippen LogP contribution in [0.4, 0.5) is 0 Å². The summed E-state index contributed by atoms with van der Waals surface area (Å²) in [6.07, 6.45) is 8.50. The van der Waals surface area contributed by atoms with Crippen LogP contribution in [0.2, 0.25) is 0 Å². The molecule has 1 rings (SSSR count). The molecule has 0 bridgehead atoms. The van der Waals surface area contributed by atoms with Crippen LogP contribution in [0, 0.1) is 0 Å². The van der Waals surface area contributed by atoms with Crippen molar-refractivity contribution in [2.45, 2.75) is 56.7 Å². The Morgan fingerprint density at radius 2 is 2.05 bits per heavy atom. The minimum atomic E-state index is -0.754. The summed E-state index contributed by atoms with van der Waals surface area (Å²) in [6.45, 7) is 6.19. The first kappa shape index (κ1) is 18.5. The molecule has 0 amide bonds. The molecule has 1 atom stereocenters. The van der Waals surface area contributed by atoms with E-state index in [1.165, 1.54) is 0 Å². The minimum absolute atomic E-state index is 0.106. The first-order valence-electron chi connectivity index (χ1n) is 7.20. The van der Waals surface area contributed by atoms with Crippen LogP contribution in [0.15, 0.2) is 24.5 Å². The molecule has 118 valence electrons. The highest BCUT2D eigenvalue weighted by Gasteiger charge is 2.29. The van der Waals surface area contributed by atoms with Gasteiger partial charge in [0.05, 0.1) is 5.54 Å². The molecule has 0 fully saturated rings. The van der Waals surface area contributed by atoms with Gasteiger partial charge in [0.25, 0.3) is 0 Å².